The van der Waals surface area contributed by atoms with E-state index in [0.29, 0.717) is 0 Å². The van der Waals surface area contributed by atoms with Gasteiger partial charge in [-0.05, 0) is 11.3 Å². The molecule has 3 amide bonds. The molecule has 2 aliphatic rings. The molecule has 1 saturated carbocycles. The SMILES string of the molecule is C#CCN1CC(=O)N(COC(=O)C2C(C=CC(=O)OC)C2(C)C)C1=O. The molecule has 134 valence electrons. The molecule has 8 heteroatoms. The number of amides is 3. The number of carbonyl (C=O) groups is 4. The first-order valence-corrected chi connectivity index (χ1v) is 7.69. The summed E-state index contributed by atoms with van der Waals surface area (Å²) in [5.74, 6) is 0.160. The highest BCUT2D eigenvalue weighted by Crippen LogP contribution is 2.59. The molecule has 0 radical (unpaired) electrons. The summed E-state index contributed by atoms with van der Waals surface area (Å²) in [6.07, 6.45) is 8.02. The van der Waals surface area contributed by atoms with Gasteiger partial charge in [0.05, 0.1) is 19.6 Å². The quantitative estimate of drug-likeness (QED) is 0.298. The lowest BCUT2D eigenvalue weighted by Crippen LogP contribution is -2.36. The van der Waals surface area contributed by atoms with Crippen molar-refractivity contribution in [1.29, 1.82) is 0 Å². The molecule has 2 fully saturated rings. The van der Waals surface area contributed by atoms with Gasteiger partial charge in [-0.3, -0.25) is 9.59 Å². The van der Waals surface area contributed by atoms with E-state index in [4.69, 9.17) is 11.2 Å². The maximum absolute atomic E-state index is 12.3. The molecule has 0 aromatic carbocycles. The summed E-state index contributed by atoms with van der Waals surface area (Å²) in [4.78, 5) is 49.3. The molecule has 2 rings (SSSR count). The van der Waals surface area contributed by atoms with E-state index in [2.05, 4.69) is 10.7 Å². The predicted octanol–water partition coefficient (Wildman–Crippen LogP) is 0.386. The van der Waals surface area contributed by atoms with Crippen LogP contribution in [0, 0.1) is 29.6 Å². The van der Waals surface area contributed by atoms with Gasteiger partial charge in [-0.25, -0.2) is 14.5 Å². The Kier molecular flexibility index (Phi) is 5.16. The Bertz CT molecular complexity index is 675. The molecule has 1 aliphatic heterocycles. The molecule has 0 bridgehead atoms. The minimum absolute atomic E-state index is 0.0189. The summed E-state index contributed by atoms with van der Waals surface area (Å²) < 4.78 is 9.65. The molecule has 1 heterocycles. The van der Waals surface area contributed by atoms with Gasteiger partial charge in [-0.2, -0.15) is 0 Å². The highest BCUT2D eigenvalue weighted by atomic mass is 16.5. The molecule has 1 saturated heterocycles. The minimum atomic E-state index is -0.576. The van der Waals surface area contributed by atoms with Crippen molar-refractivity contribution >= 4 is 23.9 Å². The average Bonchev–Trinajstić information content (AvgIpc) is 3.01. The van der Waals surface area contributed by atoms with Gasteiger partial charge in [0.25, 0.3) is 5.91 Å². The lowest BCUT2D eigenvalue weighted by atomic mass is 10.1. The van der Waals surface area contributed by atoms with Gasteiger partial charge in [0.1, 0.15) is 6.54 Å². The molecule has 0 aromatic rings. The standard InChI is InChI=1S/C17H20N2O6/c1-5-8-18-9-12(20)19(16(18)23)10-25-15(22)14-11(17(14,2)3)6-7-13(21)24-4/h1,6-7,11,14H,8-10H2,2-4H3. The number of ether oxygens (including phenoxy) is 2. The highest BCUT2D eigenvalue weighted by molar-refractivity contribution is 6.02. The van der Waals surface area contributed by atoms with Crippen molar-refractivity contribution in [2.75, 3.05) is 26.9 Å². The fraction of sp³-hybridized carbons (Fsp3) is 0.529. The topological polar surface area (TPSA) is 93.2 Å². The summed E-state index contributed by atoms with van der Waals surface area (Å²) in [7, 11) is 1.27. The second kappa shape index (κ2) is 6.97. The van der Waals surface area contributed by atoms with Crippen LogP contribution in [0.3, 0.4) is 0 Å². The van der Waals surface area contributed by atoms with E-state index >= 15 is 0 Å². The third-order valence-corrected chi connectivity index (χ3v) is 4.55. The van der Waals surface area contributed by atoms with Crippen LogP contribution >= 0.6 is 0 Å². The summed E-state index contributed by atoms with van der Waals surface area (Å²) in [5.41, 5.74) is -0.379. The second-order valence-electron chi connectivity index (χ2n) is 6.46. The van der Waals surface area contributed by atoms with Crippen LogP contribution in [-0.2, 0) is 23.9 Å². The Morgan fingerprint density at radius 3 is 2.68 bits per heavy atom. The number of nitrogens with zero attached hydrogens (tertiary/aromatic N) is 2. The predicted molar refractivity (Wildman–Crippen MR) is 85.5 cm³/mol. The smallest absolute Gasteiger partial charge is 0.330 e. The zero-order valence-corrected chi connectivity index (χ0v) is 14.4. The number of carbonyl (C=O) groups excluding carboxylic acids is 4. The van der Waals surface area contributed by atoms with Crippen molar-refractivity contribution in [3.8, 4) is 12.3 Å². The first-order chi connectivity index (χ1) is 11.7. The lowest BCUT2D eigenvalue weighted by Gasteiger charge is -2.15. The first-order valence-electron chi connectivity index (χ1n) is 7.69. The Balaban J connectivity index is 1.92. The normalized spacial score (nSPS) is 24.4. The Hall–Kier alpha value is -2.82. The molecule has 0 aromatic heterocycles. The average molecular weight is 348 g/mol. The van der Waals surface area contributed by atoms with Crippen LogP contribution in [0.2, 0.25) is 0 Å². The Morgan fingerprint density at radius 1 is 1.40 bits per heavy atom. The molecule has 0 N–H and O–H groups in total. The van der Waals surface area contributed by atoms with Crippen LogP contribution < -0.4 is 0 Å². The molecule has 1 aliphatic carbocycles. The van der Waals surface area contributed by atoms with Crippen LogP contribution in [0.1, 0.15) is 13.8 Å². The van der Waals surface area contributed by atoms with Gasteiger partial charge in [-0.1, -0.05) is 25.8 Å². The Labute approximate surface area is 145 Å². The van der Waals surface area contributed by atoms with Gasteiger partial charge in [0.15, 0.2) is 6.73 Å². The monoisotopic (exact) mass is 348 g/mol. The maximum atomic E-state index is 12.3. The molecule has 25 heavy (non-hydrogen) atoms. The number of urea groups is 1. The zero-order valence-electron chi connectivity index (χ0n) is 14.4. The van der Waals surface area contributed by atoms with Gasteiger partial charge < -0.3 is 14.4 Å². The van der Waals surface area contributed by atoms with Crippen molar-refractivity contribution in [2.45, 2.75) is 13.8 Å². The number of methoxy groups -OCH3 is 1. The summed E-state index contributed by atoms with van der Waals surface area (Å²) in [6.45, 7) is 3.18. The lowest BCUT2D eigenvalue weighted by molar-refractivity contribution is -0.151. The molecule has 2 atom stereocenters. The largest absolute Gasteiger partial charge is 0.466 e. The van der Waals surface area contributed by atoms with E-state index in [1.165, 1.54) is 18.1 Å². The van der Waals surface area contributed by atoms with Crippen LogP contribution in [0.15, 0.2) is 12.2 Å². The maximum Gasteiger partial charge on any atom is 0.330 e. The molecule has 2 unspecified atom stereocenters. The van der Waals surface area contributed by atoms with Crippen molar-refractivity contribution < 1.29 is 28.7 Å². The summed E-state index contributed by atoms with van der Waals surface area (Å²) >= 11 is 0. The van der Waals surface area contributed by atoms with E-state index in [9.17, 15) is 19.2 Å². The van der Waals surface area contributed by atoms with Crippen LogP contribution in [-0.4, -0.2) is 60.6 Å². The van der Waals surface area contributed by atoms with Crippen molar-refractivity contribution in [3.63, 3.8) is 0 Å². The van der Waals surface area contributed by atoms with E-state index in [1.807, 2.05) is 13.8 Å². The van der Waals surface area contributed by atoms with E-state index in [0.717, 1.165) is 4.90 Å². The molecular weight excluding hydrogens is 328 g/mol. The summed E-state index contributed by atoms with van der Waals surface area (Å²) in [6, 6.07) is -0.576. The number of hydrogen-bond donors (Lipinski definition) is 0. The molecular formula is C17H20N2O6. The fourth-order valence-corrected chi connectivity index (χ4v) is 2.91. The number of imide groups is 1. The molecule has 0 spiro atoms. The minimum Gasteiger partial charge on any atom is -0.466 e. The van der Waals surface area contributed by atoms with Crippen LogP contribution in [0.4, 0.5) is 4.79 Å². The van der Waals surface area contributed by atoms with Gasteiger partial charge in [0, 0.05) is 6.08 Å². The van der Waals surface area contributed by atoms with Gasteiger partial charge in [-0.15, -0.1) is 6.42 Å². The van der Waals surface area contributed by atoms with E-state index in [-0.39, 0.29) is 24.4 Å². The van der Waals surface area contributed by atoms with Gasteiger partial charge >= 0.3 is 18.0 Å². The van der Waals surface area contributed by atoms with Crippen molar-refractivity contribution in [2.24, 2.45) is 17.3 Å². The van der Waals surface area contributed by atoms with Crippen molar-refractivity contribution in [3.05, 3.63) is 12.2 Å². The van der Waals surface area contributed by atoms with E-state index in [1.54, 1.807) is 6.08 Å². The second-order valence-corrected chi connectivity index (χ2v) is 6.46. The van der Waals surface area contributed by atoms with Crippen LogP contribution in [0.5, 0.6) is 0 Å². The fourth-order valence-electron chi connectivity index (χ4n) is 2.91. The third kappa shape index (κ3) is 3.65. The summed E-state index contributed by atoms with van der Waals surface area (Å²) in [5, 5.41) is 0. The first kappa shape index (κ1) is 18.5. The molecule has 8 nitrogen and oxygen atoms in total. The van der Waals surface area contributed by atoms with Crippen LogP contribution in [0.25, 0.3) is 0 Å². The number of terminal acetylenes is 1. The van der Waals surface area contributed by atoms with Crippen molar-refractivity contribution in [1.82, 2.24) is 9.80 Å². The number of allylic oxidation sites excluding steroid dienone is 1. The Morgan fingerprint density at radius 2 is 2.08 bits per heavy atom. The third-order valence-electron chi connectivity index (χ3n) is 4.55. The zero-order chi connectivity index (χ0) is 18.8. The van der Waals surface area contributed by atoms with Gasteiger partial charge in [0.2, 0.25) is 0 Å². The number of hydrogen-bond acceptors (Lipinski definition) is 6. The number of esters is 2. The highest BCUT2D eigenvalue weighted by Gasteiger charge is 2.61. The van der Waals surface area contributed by atoms with E-state index < -0.39 is 36.5 Å². The number of rotatable bonds is 6.